The van der Waals surface area contributed by atoms with E-state index < -0.39 is 12.1 Å². The van der Waals surface area contributed by atoms with Gasteiger partial charge in [-0.05, 0) is 49.7 Å². The summed E-state index contributed by atoms with van der Waals surface area (Å²) in [6, 6.07) is 1.74. The summed E-state index contributed by atoms with van der Waals surface area (Å²) in [5.74, 6) is 4.56. The Kier molecular flexibility index (Phi) is 5.46. The fraction of sp³-hybridized carbons (Fsp3) is 0.643. The van der Waals surface area contributed by atoms with Crippen LogP contribution in [0.2, 0.25) is 5.02 Å². The molecule has 1 aliphatic rings. The molecule has 0 aliphatic heterocycles. The fourth-order valence-electron chi connectivity index (χ4n) is 3.02. The van der Waals surface area contributed by atoms with Crippen molar-refractivity contribution in [3.8, 4) is 0 Å². The highest BCUT2D eigenvalue weighted by atomic mass is 35.5. The Labute approximate surface area is 127 Å². The van der Waals surface area contributed by atoms with Gasteiger partial charge in [0.25, 0.3) is 0 Å². The molecule has 1 saturated carbocycles. The SMILES string of the molecule is NNC(Cc1ccncc1Cl)C1CCC(C(F)(F)F)CC1. The van der Waals surface area contributed by atoms with E-state index in [0.717, 1.165) is 5.56 Å². The van der Waals surface area contributed by atoms with Crippen molar-refractivity contribution in [3.63, 3.8) is 0 Å². The average molecular weight is 322 g/mol. The summed E-state index contributed by atoms with van der Waals surface area (Å²) in [5.41, 5.74) is 3.65. The molecule has 1 aromatic rings. The van der Waals surface area contributed by atoms with Crippen LogP contribution in [0.3, 0.4) is 0 Å². The molecule has 3 nitrogen and oxygen atoms in total. The average Bonchev–Trinajstić information content (AvgIpc) is 2.46. The van der Waals surface area contributed by atoms with Crippen LogP contribution in [-0.2, 0) is 6.42 Å². The first-order chi connectivity index (χ1) is 9.91. The van der Waals surface area contributed by atoms with Crippen LogP contribution in [0.5, 0.6) is 0 Å². The first-order valence-electron chi connectivity index (χ1n) is 7.03. The number of nitrogens with two attached hydrogens (primary N) is 1. The van der Waals surface area contributed by atoms with Gasteiger partial charge in [-0.3, -0.25) is 16.3 Å². The van der Waals surface area contributed by atoms with Crippen LogP contribution >= 0.6 is 11.6 Å². The standard InChI is InChI=1S/C14H19ClF3N3/c15-12-8-20-6-5-10(12)7-13(21-19)9-1-3-11(4-2-9)14(16,17)18/h5-6,8-9,11,13,21H,1-4,7,19H2. The number of hydrogen-bond acceptors (Lipinski definition) is 3. The van der Waals surface area contributed by atoms with E-state index in [1.54, 1.807) is 12.4 Å². The van der Waals surface area contributed by atoms with Crippen molar-refractivity contribution in [1.29, 1.82) is 0 Å². The minimum absolute atomic E-state index is 0.0703. The van der Waals surface area contributed by atoms with Gasteiger partial charge in [-0.25, -0.2) is 0 Å². The molecule has 1 atom stereocenters. The lowest BCUT2D eigenvalue weighted by Gasteiger charge is -2.34. The molecule has 1 aromatic heterocycles. The number of hydrazine groups is 1. The van der Waals surface area contributed by atoms with Crippen LogP contribution in [0, 0.1) is 11.8 Å². The summed E-state index contributed by atoms with van der Waals surface area (Å²) >= 11 is 6.07. The van der Waals surface area contributed by atoms with E-state index in [2.05, 4.69) is 10.4 Å². The van der Waals surface area contributed by atoms with Gasteiger partial charge in [0.15, 0.2) is 0 Å². The summed E-state index contributed by atoms with van der Waals surface area (Å²) in [4.78, 5) is 3.92. The number of halogens is 4. The van der Waals surface area contributed by atoms with E-state index in [9.17, 15) is 13.2 Å². The van der Waals surface area contributed by atoms with Gasteiger partial charge in [-0.15, -0.1) is 0 Å². The highest BCUT2D eigenvalue weighted by Crippen LogP contribution is 2.40. The van der Waals surface area contributed by atoms with Gasteiger partial charge >= 0.3 is 6.18 Å². The molecule has 0 radical (unpaired) electrons. The summed E-state index contributed by atoms with van der Waals surface area (Å²) in [5, 5.41) is 0.557. The summed E-state index contributed by atoms with van der Waals surface area (Å²) in [6.45, 7) is 0. The van der Waals surface area contributed by atoms with E-state index in [1.807, 2.05) is 6.07 Å². The van der Waals surface area contributed by atoms with Crippen molar-refractivity contribution in [2.45, 2.75) is 44.3 Å². The van der Waals surface area contributed by atoms with Gasteiger partial charge in [-0.1, -0.05) is 11.6 Å². The van der Waals surface area contributed by atoms with E-state index in [1.165, 1.54) is 0 Å². The Morgan fingerprint density at radius 2 is 2.00 bits per heavy atom. The van der Waals surface area contributed by atoms with Crippen molar-refractivity contribution < 1.29 is 13.2 Å². The Morgan fingerprint density at radius 3 is 2.52 bits per heavy atom. The number of aromatic nitrogens is 1. The van der Waals surface area contributed by atoms with Crippen LogP contribution in [-0.4, -0.2) is 17.2 Å². The molecule has 1 unspecified atom stereocenters. The zero-order chi connectivity index (χ0) is 15.5. The molecular formula is C14H19ClF3N3. The van der Waals surface area contributed by atoms with Gasteiger partial charge in [0.2, 0.25) is 0 Å². The number of nitrogens with one attached hydrogen (secondary N) is 1. The van der Waals surface area contributed by atoms with Crippen LogP contribution < -0.4 is 11.3 Å². The molecule has 1 aliphatic carbocycles. The Balaban J connectivity index is 1.96. The predicted octanol–water partition coefficient (Wildman–Crippen LogP) is 3.48. The third-order valence-electron chi connectivity index (χ3n) is 4.31. The number of pyridine rings is 1. The molecule has 0 spiro atoms. The van der Waals surface area contributed by atoms with Gasteiger partial charge in [0, 0.05) is 18.4 Å². The molecule has 0 aromatic carbocycles. The molecule has 2 rings (SSSR count). The lowest BCUT2D eigenvalue weighted by atomic mass is 9.77. The molecule has 0 amide bonds. The van der Waals surface area contributed by atoms with Gasteiger partial charge in [0.1, 0.15) is 0 Å². The smallest absolute Gasteiger partial charge is 0.271 e. The lowest BCUT2D eigenvalue weighted by molar-refractivity contribution is -0.184. The topological polar surface area (TPSA) is 50.9 Å². The minimum Gasteiger partial charge on any atom is -0.271 e. The van der Waals surface area contributed by atoms with Crippen LogP contribution in [0.25, 0.3) is 0 Å². The van der Waals surface area contributed by atoms with Gasteiger partial charge in [-0.2, -0.15) is 13.2 Å². The molecular weight excluding hydrogens is 303 g/mol. The maximum absolute atomic E-state index is 12.7. The van der Waals surface area contributed by atoms with E-state index >= 15 is 0 Å². The molecule has 7 heteroatoms. The zero-order valence-electron chi connectivity index (χ0n) is 11.5. The number of rotatable bonds is 4. The van der Waals surface area contributed by atoms with Crippen LogP contribution in [0.4, 0.5) is 13.2 Å². The third-order valence-corrected chi connectivity index (χ3v) is 4.65. The summed E-state index contributed by atoms with van der Waals surface area (Å²) in [6.07, 6.45) is 1.14. The zero-order valence-corrected chi connectivity index (χ0v) is 12.3. The van der Waals surface area contributed by atoms with Crippen LogP contribution in [0.15, 0.2) is 18.5 Å². The molecule has 0 saturated heterocycles. The van der Waals surface area contributed by atoms with Gasteiger partial charge < -0.3 is 0 Å². The second-order valence-electron chi connectivity index (χ2n) is 5.60. The Morgan fingerprint density at radius 1 is 1.33 bits per heavy atom. The van der Waals surface area contributed by atoms with E-state index in [-0.39, 0.29) is 24.8 Å². The van der Waals surface area contributed by atoms with E-state index in [0.29, 0.717) is 24.3 Å². The largest absolute Gasteiger partial charge is 0.391 e. The maximum Gasteiger partial charge on any atom is 0.391 e. The molecule has 0 bridgehead atoms. The van der Waals surface area contributed by atoms with Crippen molar-refractivity contribution in [3.05, 3.63) is 29.0 Å². The third kappa shape index (κ3) is 4.31. The van der Waals surface area contributed by atoms with Gasteiger partial charge in [0.05, 0.1) is 10.9 Å². The molecule has 21 heavy (non-hydrogen) atoms. The van der Waals surface area contributed by atoms with Crippen molar-refractivity contribution in [1.82, 2.24) is 10.4 Å². The predicted molar refractivity (Wildman–Crippen MR) is 75.6 cm³/mol. The quantitative estimate of drug-likeness (QED) is 0.659. The van der Waals surface area contributed by atoms with Crippen molar-refractivity contribution >= 4 is 11.6 Å². The molecule has 3 N–H and O–H groups in total. The second kappa shape index (κ2) is 6.94. The van der Waals surface area contributed by atoms with Crippen LogP contribution in [0.1, 0.15) is 31.2 Å². The number of hydrogen-bond donors (Lipinski definition) is 2. The highest BCUT2D eigenvalue weighted by molar-refractivity contribution is 6.31. The highest BCUT2D eigenvalue weighted by Gasteiger charge is 2.42. The monoisotopic (exact) mass is 321 g/mol. The Hall–Kier alpha value is -0.850. The van der Waals surface area contributed by atoms with Crippen molar-refractivity contribution in [2.75, 3.05) is 0 Å². The molecule has 118 valence electrons. The first-order valence-corrected chi connectivity index (χ1v) is 7.41. The van der Waals surface area contributed by atoms with E-state index in [4.69, 9.17) is 17.4 Å². The fourth-order valence-corrected chi connectivity index (χ4v) is 3.21. The normalized spacial score (nSPS) is 24.8. The Bertz CT molecular complexity index is 459. The minimum atomic E-state index is -4.08. The summed E-state index contributed by atoms with van der Waals surface area (Å²) in [7, 11) is 0. The van der Waals surface area contributed by atoms with Crippen molar-refractivity contribution in [2.24, 2.45) is 17.7 Å². The first kappa shape index (κ1) is 16.5. The number of nitrogens with zero attached hydrogens (tertiary/aromatic N) is 1. The maximum atomic E-state index is 12.7. The molecule has 1 fully saturated rings. The lowest BCUT2D eigenvalue weighted by Crippen LogP contribution is -2.44. The molecule has 1 heterocycles. The summed E-state index contributed by atoms with van der Waals surface area (Å²) < 4.78 is 38.1. The second-order valence-corrected chi connectivity index (χ2v) is 6.00. The number of alkyl halides is 3.